The first kappa shape index (κ1) is 15.1. The lowest BCUT2D eigenvalue weighted by molar-refractivity contribution is -0.121. The molecule has 0 atom stereocenters. The zero-order valence-electron chi connectivity index (χ0n) is 12.9. The van der Waals surface area contributed by atoms with Crippen molar-refractivity contribution in [2.45, 2.75) is 69.6 Å². The Labute approximate surface area is 132 Å². The largest absolute Gasteiger partial charge is 0.355 e. The van der Waals surface area contributed by atoms with E-state index in [0.29, 0.717) is 0 Å². The summed E-state index contributed by atoms with van der Waals surface area (Å²) in [6.07, 6.45) is 12.3. The van der Waals surface area contributed by atoms with Crippen molar-refractivity contribution in [3.8, 4) is 0 Å². The molecule has 0 bridgehead atoms. The molecular formula is C18H27NOS. The lowest BCUT2D eigenvalue weighted by atomic mass is 9.80. The van der Waals surface area contributed by atoms with Gasteiger partial charge in [0.15, 0.2) is 0 Å². The van der Waals surface area contributed by atoms with Crippen LogP contribution in [-0.2, 0) is 10.2 Å². The number of rotatable bonds is 6. The first-order valence-corrected chi connectivity index (χ1v) is 9.52. The summed E-state index contributed by atoms with van der Waals surface area (Å²) in [5.41, 5.74) is 1.67. The molecule has 2 aliphatic rings. The molecule has 3 heteroatoms. The summed E-state index contributed by atoms with van der Waals surface area (Å²) in [4.78, 5) is 12.2. The summed E-state index contributed by atoms with van der Waals surface area (Å²) in [7, 11) is 0. The van der Waals surface area contributed by atoms with Gasteiger partial charge in [-0.25, -0.2) is 0 Å². The average Bonchev–Trinajstić information content (AvgIpc) is 3.25. The van der Waals surface area contributed by atoms with Gasteiger partial charge in [-0.05, 0) is 47.6 Å². The van der Waals surface area contributed by atoms with Gasteiger partial charge in [0.2, 0.25) is 5.91 Å². The normalized spacial score (nSPS) is 21.7. The third kappa shape index (κ3) is 3.68. The Morgan fingerprint density at radius 2 is 2.00 bits per heavy atom. The molecule has 2 saturated carbocycles. The maximum Gasteiger partial charge on any atom is 0.220 e. The van der Waals surface area contributed by atoms with Crippen LogP contribution in [0, 0.1) is 5.92 Å². The first-order valence-electron chi connectivity index (χ1n) is 8.58. The Morgan fingerprint density at radius 1 is 1.24 bits per heavy atom. The summed E-state index contributed by atoms with van der Waals surface area (Å²) >= 11 is 1.77. The fourth-order valence-corrected chi connectivity index (χ4v) is 4.95. The van der Waals surface area contributed by atoms with Crippen LogP contribution in [-0.4, -0.2) is 12.5 Å². The highest BCUT2D eigenvalue weighted by atomic mass is 32.1. The molecule has 1 heterocycles. The van der Waals surface area contributed by atoms with Crippen molar-refractivity contribution in [1.82, 2.24) is 5.32 Å². The van der Waals surface area contributed by atoms with Crippen LogP contribution in [0.1, 0.15) is 69.8 Å². The van der Waals surface area contributed by atoms with Crippen molar-refractivity contribution in [3.63, 3.8) is 0 Å². The highest BCUT2D eigenvalue weighted by Crippen LogP contribution is 2.41. The SMILES string of the molecule is O=C(CCC1CCCC1)NCC1(c2ccsc2)CCCC1. The van der Waals surface area contributed by atoms with E-state index in [1.165, 1.54) is 56.9 Å². The van der Waals surface area contributed by atoms with E-state index >= 15 is 0 Å². The minimum absolute atomic E-state index is 0.225. The molecule has 2 fully saturated rings. The van der Waals surface area contributed by atoms with Gasteiger partial charge in [0.25, 0.3) is 0 Å². The molecule has 1 amide bonds. The Morgan fingerprint density at radius 3 is 2.67 bits per heavy atom. The van der Waals surface area contributed by atoms with Gasteiger partial charge >= 0.3 is 0 Å². The number of thiophene rings is 1. The maximum absolute atomic E-state index is 12.2. The fraction of sp³-hybridized carbons (Fsp3) is 0.722. The molecule has 116 valence electrons. The maximum atomic E-state index is 12.2. The van der Waals surface area contributed by atoms with Gasteiger partial charge in [-0.2, -0.15) is 11.3 Å². The molecule has 0 aliphatic heterocycles. The van der Waals surface area contributed by atoms with Crippen molar-refractivity contribution >= 4 is 17.2 Å². The van der Waals surface area contributed by atoms with Gasteiger partial charge in [0.1, 0.15) is 0 Å². The van der Waals surface area contributed by atoms with Crippen LogP contribution >= 0.6 is 11.3 Å². The third-order valence-electron chi connectivity index (χ3n) is 5.57. The topological polar surface area (TPSA) is 29.1 Å². The number of hydrogen-bond donors (Lipinski definition) is 1. The first-order chi connectivity index (χ1) is 10.3. The van der Waals surface area contributed by atoms with Crippen LogP contribution in [0.3, 0.4) is 0 Å². The highest BCUT2D eigenvalue weighted by molar-refractivity contribution is 7.08. The van der Waals surface area contributed by atoms with E-state index < -0.39 is 0 Å². The van der Waals surface area contributed by atoms with Crippen molar-refractivity contribution < 1.29 is 4.79 Å². The molecular weight excluding hydrogens is 278 g/mol. The van der Waals surface area contributed by atoms with E-state index in [2.05, 4.69) is 22.1 Å². The molecule has 0 radical (unpaired) electrons. The average molecular weight is 305 g/mol. The quantitative estimate of drug-likeness (QED) is 0.814. The third-order valence-corrected chi connectivity index (χ3v) is 6.26. The van der Waals surface area contributed by atoms with Gasteiger partial charge in [-0.15, -0.1) is 0 Å². The van der Waals surface area contributed by atoms with Gasteiger partial charge in [0, 0.05) is 18.4 Å². The van der Waals surface area contributed by atoms with Crippen molar-refractivity contribution in [1.29, 1.82) is 0 Å². The van der Waals surface area contributed by atoms with E-state index in [4.69, 9.17) is 0 Å². The lowest BCUT2D eigenvalue weighted by Crippen LogP contribution is -2.38. The van der Waals surface area contributed by atoms with Crippen molar-refractivity contribution in [2.75, 3.05) is 6.54 Å². The summed E-state index contributed by atoms with van der Waals surface area (Å²) in [5, 5.41) is 7.68. The summed E-state index contributed by atoms with van der Waals surface area (Å²) in [6.45, 7) is 0.841. The minimum atomic E-state index is 0.225. The predicted molar refractivity (Wildman–Crippen MR) is 88.7 cm³/mol. The zero-order valence-corrected chi connectivity index (χ0v) is 13.7. The molecule has 21 heavy (non-hydrogen) atoms. The lowest BCUT2D eigenvalue weighted by Gasteiger charge is -2.29. The van der Waals surface area contributed by atoms with Gasteiger partial charge in [-0.1, -0.05) is 38.5 Å². The molecule has 2 nitrogen and oxygen atoms in total. The number of hydrogen-bond acceptors (Lipinski definition) is 2. The Balaban J connectivity index is 1.49. The number of carbonyl (C=O) groups excluding carboxylic acids is 1. The second kappa shape index (κ2) is 6.95. The van der Waals surface area contributed by atoms with Crippen LogP contribution < -0.4 is 5.32 Å². The van der Waals surface area contributed by atoms with Gasteiger partial charge in [0.05, 0.1) is 0 Å². The standard InChI is InChI=1S/C18H27NOS/c20-17(8-7-15-5-1-2-6-15)19-14-18(10-3-4-11-18)16-9-12-21-13-16/h9,12-13,15H,1-8,10-11,14H2,(H,19,20). The molecule has 3 rings (SSSR count). The van der Waals surface area contributed by atoms with Crippen LogP contribution in [0.15, 0.2) is 16.8 Å². The van der Waals surface area contributed by atoms with E-state index in [1.807, 2.05) is 0 Å². The van der Waals surface area contributed by atoms with E-state index in [-0.39, 0.29) is 11.3 Å². The molecule has 0 spiro atoms. The summed E-state index contributed by atoms with van der Waals surface area (Å²) in [5.74, 6) is 1.08. The molecule has 2 aliphatic carbocycles. The summed E-state index contributed by atoms with van der Waals surface area (Å²) < 4.78 is 0. The molecule has 1 aromatic rings. The van der Waals surface area contributed by atoms with Gasteiger partial charge < -0.3 is 5.32 Å². The van der Waals surface area contributed by atoms with Crippen LogP contribution in [0.2, 0.25) is 0 Å². The van der Waals surface area contributed by atoms with Crippen LogP contribution in [0.4, 0.5) is 0 Å². The van der Waals surface area contributed by atoms with Gasteiger partial charge in [-0.3, -0.25) is 4.79 Å². The monoisotopic (exact) mass is 305 g/mol. The molecule has 0 aromatic carbocycles. The molecule has 1 aromatic heterocycles. The second-order valence-electron chi connectivity index (χ2n) is 6.97. The smallest absolute Gasteiger partial charge is 0.220 e. The Hall–Kier alpha value is -0.830. The van der Waals surface area contributed by atoms with Crippen molar-refractivity contribution in [2.24, 2.45) is 5.92 Å². The number of amides is 1. The summed E-state index contributed by atoms with van der Waals surface area (Å²) in [6, 6.07) is 2.25. The second-order valence-corrected chi connectivity index (χ2v) is 7.75. The molecule has 0 unspecified atom stereocenters. The van der Waals surface area contributed by atoms with Crippen molar-refractivity contribution in [3.05, 3.63) is 22.4 Å². The molecule has 1 N–H and O–H groups in total. The van der Waals surface area contributed by atoms with Crippen LogP contribution in [0.5, 0.6) is 0 Å². The van der Waals surface area contributed by atoms with E-state index in [1.54, 1.807) is 11.3 Å². The number of carbonyl (C=O) groups is 1. The van der Waals surface area contributed by atoms with E-state index in [0.717, 1.165) is 25.3 Å². The minimum Gasteiger partial charge on any atom is -0.355 e. The zero-order chi connectivity index (χ0) is 14.5. The molecule has 0 saturated heterocycles. The predicted octanol–water partition coefficient (Wildman–Crippen LogP) is 4.65. The Kier molecular flexibility index (Phi) is 4.99. The highest BCUT2D eigenvalue weighted by Gasteiger charge is 2.36. The Bertz CT molecular complexity index is 442. The van der Waals surface area contributed by atoms with Crippen LogP contribution in [0.25, 0.3) is 0 Å². The van der Waals surface area contributed by atoms with E-state index in [9.17, 15) is 4.79 Å². The number of nitrogens with one attached hydrogen (secondary N) is 1. The fourth-order valence-electron chi connectivity index (χ4n) is 4.18.